The Morgan fingerprint density at radius 2 is 1.48 bits per heavy atom. The van der Waals surface area contributed by atoms with Gasteiger partial charge in [0.25, 0.3) is 0 Å². The number of hydrogen-bond acceptors (Lipinski definition) is 4. The summed E-state index contributed by atoms with van der Waals surface area (Å²) in [5.74, 6) is 0.972. The third-order valence-electron chi connectivity index (χ3n) is 4.56. The molecule has 0 aliphatic carbocycles. The number of hydrogen-bond donors (Lipinski definition) is 3. The average molecular weight is 355 g/mol. The van der Waals surface area contributed by atoms with Gasteiger partial charge in [0.1, 0.15) is 5.82 Å². The van der Waals surface area contributed by atoms with Crippen LogP contribution < -0.4 is 16.8 Å². The molecule has 0 fully saturated rings. The molecule has 0 bridgehead atoms. The summed E-state index contributed by atoms with van der Waals surface area (Å²) >= 11 is 0. The molecular formula is C22H21N5. The van der Waals surface area contributed by atoms with E-state index >= 15 is 0 Å². The van der Waals surface area contributed by atoms with Crippen molar-refractivity contribution in [2.45, 2.75) is 0 Å². The van der Waals surface area contributed by atoms with Crippen LogP contribution in [0.15, 0.2) is 77.8 Å². The van der Waals surface area contributed by atoms with Crippen molar-refractivity contribution >= 4 is 45.7 Å². The topological polar surface area (TPSA) is 81.4 Å². The minimum atomic E-state index is 0.727. The zero-order valence-electron chi connectivity index (χ0n) is 15.1. The number of aryl methyl sites for hydroxylation is 1. The third kappa shape index (κ3) is 3.35. The molecule has 1 aromatic heterocycles. The summed E-state index contributed by atoms with van der Waals surface area (Å²) in [6.07, 6.45) is 1.90. The summed E-state index contributed by atoms with van der Waals surface area (Å²) in [6.45, 7) is 0. The van der Waals surface area contributed by atoms with Gasteiger partial charge in [-0.3, -0.25) is 4.99 Å². The Bertz CT molecular complexity index is 1110. The molecule has 0 saturated carbocycles. The maximum Gasteiger partial charge on any atom is 0.120 e. The maximum atomic E-state index is 5.80. The van der Waals surface area contributed by atoms with E-state index in [2.05, 4.69) is 27.0 Å². The normalized spacial score (nSPS) is 11.3. The van der Waals surface area contributed by atoms with Crippen molar-refractivity contribution in [1.82, 2.24) is 4.57 Å². The molecule has 27 heavy (non-hydrogen) atoms. The summed E-state index contributed by atoms with van der Waals surface area (Å²) < 4.78 is 2.13. The zero-order chi connectivity index (χ0) is 18.8. The van der Waals surface area contributed by atoms with E-state index < -0.39 is 0 Å². The van der Waals surface area contributed by atoms with Crippen molar-refractivity contribution in [3.8, 4) is 0 Å². The lowest BCUT2D eigenvalue weighted by molar-refractivity contribution is 0.976. The number of aromatic nitrogens is 1. The highest BCUT2D eigenvalue weighted by atomic mass is 15.1. The first-order valence-electron chi connectivity index (χ1n) is 8.71. The van der Waals surface area contributed by atoms with E-state index in [1.165, 1.54) is 0 Å². The lowest BCUT2D eigenvalue weighted by Crippen LogP contribution is -2.00. The number of aliphatic imine (C=N–C) groups is 1. The zero-order valence-corrected chi connectivity index (χ0v) is 15.1. The average Bonchev–Trinajstić information content (AvgIpc) is 2.95. The number of para-hydroxylation sites is 1. The molecule has 0 amide bonds. The third-order valence-corrected chi connectivity index (χ3v) is 4.56. The number of nitrogens with one attached hydrogen (secondary N) is 1. The number of anilines is 4. The van der Waals surface area contributed by atoms with Crippen molar-refractivity contribution < 1.29 is 0 Å². The van der Waals surface area contributed by atoms with Gasteiger partial charge in [0, 0.05) is 41.3 Å². The van der Waals surface area contributed by atoms with Gasteiger partial charge in [-0.2, -0.15) is 0 Å². The highest BCUT2D eigenvalue weighted by molar-refractivity contribution is 6.06. The van der Waals surface area contributed by atoms with Gasteiger partial charge in [-0.05, 0) is 54.6 Å². The Hall–Kier alpha value is -3.73. The molecule has 0 atom stereocenters. The second-order valence-corrected chi connectivity index (χ2v) is 6.44. The van der Waals surface area contributed by atoms with E-state index in [0.717, 1.165) is 45.0 Å². The fourth-order valence-electron chi connectivity index (χ4n) is 3.11. The molecule has 0 spiro atoms. The summed E-state index contributed by atoms with van der Waals surface area (Å²) in [5, 5.41) is 4.64. The number of nitrogens with two attached hydrogens (primary N) is 2. The lowest BCUT2D eigenvalue weighted by Gasteiger charge is -2.10. The second kappa shape index (κ2) is 6.88. The number of rotatable bonds is 4. The largest absolute Gasteiger partial charge is 0.399 e. The van der Waals surface area contributed by atoms with Gasteiger partial charge in [-0.1, -0.05) is 18.2 Å². The molecule has 5 nitrogen and oxygen atoms in total. The first-order chi connectivity index (χ1) is 13.1. The van der Waals surface area contributed by atoms with E-state index in [1.54, 1.807) is 0 Å². The van der Waals surface area contributed by atoms with Crippen molar-refractivity contribution in [3.05, 3.63) is 78.4 Å². The van der Waals surface area contributed by atoms with Crippen molar-refractivity contribution in [2.24, 2.45) is 12.0 Å². The van der Waals surface area contributed by atoms with Gasteiger partial charge in [0.2, 0.25) is 0 Å². The van der Waals surface area contributed by atoms with Gasteiger partial charge in [-0.25, -0.2) is 0 Å². The van der Waals surface area contributed by atoms with Crippen molar-refractivity contribution in [2.75, 3.05) is 16.8 Å². The van der Waals surface area contributed by atoms with E-state index in [4.69, 9.17) is 11.5 Å². The Morgan fingerprint density at radius 3 is 2.19 bits per heavy atom. The van der Waals surface area contributed by atoms with Crippen LogP contribution in [0, 0.1) is 0 Å². The van der Waals surface area contributed by atoms with E-state index in [0.29, 0.717) is 0 Å². The van der Waals surface area contributed by atoms with E-state index in [1.807, 2.05) is 73.9 Å². The lowest BCUT2D eigenvalue weighted by atomic mass is 10.1. The molecule has 4 rings (SSSR count). The van der Waals surface area contributed by atoms with Gasteiger partial charge in [0.05, 0.1) is 11.2 Å². The van der Waals surface area contributed by atoms with Crippen LogP contribution in [0.5, 0.6) is 0 Å². The predicted octanol–water partition coefficient (Wildman–Crippen LogP) is 4.84. The fraction of sp³-hybridized carbons (Fsp3) is 0.0455. The van der Waals surface area contributed by atoms with Crippen LogP contribution in [0.4, 0.5) is 28.6 Å². The quantitative estimate of drug-likeness (QED) is 0.362. The monoisotopic (exact) mass is 355 g/mol. The van der Waals surface area contributed by atoms with Crippen LogP contribution in [0.3, 0.4) is 0 Å². The van der Waals surface area contributed by atoms with Crippen LogP contribution in [-0.2, 0) is 7.05 Å². The predicted molar refractivity (Wildman–Crippen MR) is 115 cm³/mol. The molecule has 0 unspecified atom stereocenters. The first-order valence-corrected chi connectivity index (χ1v) is 8.71. The van der Waals surface area contributed by atoms with Gasteiger partial charge in [-0.15, -0.1) is 0 Å². The SMILES string of the molecule is Cn1c(Nc2ccc(N)cc2)c(C=Nc2ccc(N)cc2)c2ccccc21. The summed E-state index contributed by atoms with van der Waals surface area (Å²) in [4.78, 5) is 4.64. The molecule has 0 aliphatic rings. The highest BCUT2D eigenvalue weighted by Crippen LogP contribution is 2.31. The Kier molecular flexibility index (Phi) is 4.26. The highest BCUT2D eigenvalue weighted by Gasteiger charge is 2.13. The van der Waals surface area contributed by atoms with Crippen molar-refractivity contribution in [1.29, 1.82) is 0 Å². The molecule has 0 aliphatic heterocycles. The van der Waals surface area contributed by atoms with Crippen LogP contribution in [-0.4, -0.2) is 10.8 Å². The summed E-state index contributed by atoms with van der Waals surface area (Å²) in [5.41, 5.74) is 17.0. The Labute approximate surface area is 158 Å². The minimum Gasteiger partial charge on any atom is -0.399 e. The Morgan fingerprint density at radius 1 is 0.852 bits per heavy atom. The van der Waals surface area contributed by atoms with Crippen LogP contribution in [0.25, 0.3) is 10.9 Å². The van der Waals surface area contributed by atoms with Crippen molar-refractivity contribution in [3.63, 3.8) is 0 Å². The first kappa shape index (κ1) is 16.7. The number of nitrogen functional groups attached to an aromatic ring is 2. The Balaban J connectivity index is 1.79. The molecule has 0 saturated heterocycles. The smallest absolute Gasteiger partial charge is 0.120 e. The number of nitrogens with zero attached hydrogens (tertiary/aromatic N) is 2. The summed E-state index contributed by atoms with van der Waals surface area (Å²) in [7, 11) is 2.04. The summed E-state index contributed by atoms with van der Waals surface area (Å²) in [6, 6.07) is 23.5. The van der Waals surface area contributed by atoms with Gasteiger partial charge < -0.3 is 21.4 Å². The molecule has 5 heteroatoms. The van der Waals surface area contributed by atoms with Crippen LogP contribution in [0.1, 0.15) is 5.56 Å². The molecule has 3 aromatic carbocycles. The van der Waals surface area contributed by atoms with Gasteiger partial charge >= 0.3 is 0 Å². The van der Waals surface area contributed by atoms with Crippen LogP contribution >= 0.6 is 0 Å². The molecule has 134 valence electrons. The van der Waals surface area contributed by atoms with Crippen LogP contribution in [0.2, 0.25) is 0 Å². The molecule has 5 N–H and O–H groups in total. The van der Waals surface area contributed by atoms with E-state index in [-0.39, 0.29) is 0 Å². The molecule has 0 radical (unpaired) electrons. The maximum absolute atomic E-state index is 5.80. The fourth-order valence-corrected chi connectivity index (χ4v) is 3.11. The molecule has 4 aromatic rings. The molecule has 1 heterocycles. The second-order valence-electron chi connectivity index (χ2n) is 6.44. The molecular weight excluding hydrogens is 334 g/mol. The standard InChI is InChI=1S/C22H21N5/c1-27-21-5-3-2-4-19(21)20(14-25-17-10-6-15(23)7-11-17)22(27)26-18-12-8-16(24)9-13-18/h2-14,26H,23-24H2,1H3. The van der Waals surface area contributed by atoms with Gasteiger partial charge in [0.15, 0.2) is 0 Å². The minimum absolute atomic E-state index is 0.727. The van der Waals surface area contributed by atoms with E-state index in [9.17, 15) is 0 Å². The number of fused-ring (bicyclic) bond motifs is 1. The number of benzene rings is 3.